The summed E-state index contributed by atoms with van der Waals surface area (Å²) in [6.07, 6.45) is 2.49. The van der Waals surface area contributed by atoms with Gasteiger partial charge in [0.05, 0.1) is 0 Å². The second kappa shape index (κ2) is 7.41. The first-order valence-corrected chi connectivity index (χ1v) is 10.6. The number of amidine groups is 1. The van der Waals surface area contributed by atoms with E-state index in [0.717, 1.165) is 19.3 Å². The van der Waals surface area contributed by atoms with E-state index in [9.17, 15) is 13.2 Å². The summed E-state index contributed by atoms with van der Waals surface area (Å²) in [6, 6.07) is 6.65. The third-order valence-electron chi connectivity index (χ3n) is 5.70. The van der Waals surface area contributed by atoms with E-state index in [2.05, 4.69) is 11.3 Å². The standard InChI is InChI=1S/C18H24N4O3S.ClH/c1-12-9-13(10-19)11-22(12)18(23)15-6-4-8-21(15)17-14-5-2-3-7-16(14)26(24,25)20-17;/h2-3,5,7,12-13,15H,4,6,8-11,19H2,1H3;1H. The normalized spacial score (nSPS) is 28.7. The van der Waals surface area contributed by atoms with Gasteiger partial charge in [-0.05, 0) is 50.8 Å². The van der Waals surface area contributed by atoms with Gasteiger partial charge in [-0.25, -0.2) is 0 Å². The first-order valence-electron chi connectivity index (χ1n) is 9.14. The number of likely N-dealkylation sites (tertiary alicyclic amines) is 2. The van der Waals surface area contributed by atoms with Crippen LogP contribution in [0.5, 0.6) is 0 Å². The van der Waals surface area contributed by atoms with Crippen molar-refractivity contribution in [3.8, 4) is 0 Å². The van der Waals surface area contributed by atoms with Gasteiger partial charge in [-0.15, -0.1) is 16.8 Å². The van der Waals surface area contributed by atoms with Crippen molar-refractivity contribution >= 4 is 34.2 Å². The topological polar surface area (TPSA) is 96.1 Å². The lowest BCUT2D eigenvalue weighted by Gasteiger charge is -2.31. The first kappa shape index (κ1) is 20.1. The van der Waals surface area contributed by atoms with Gasteiger partial charge >= 0.3 is 0 Å². The Morgan fingerprint density at radius 3 is 2.78 bits per heavy atom. The molecule has 148 valence electrons. The smallest absolute Gasteiger partial charge is 0.285 e. The fourth-order valence-corrected chi connectivity index (χ4v) is 5.60. The largest absolute Gasteiger partial charge is 0.343 e. The molecule has 3 unspecified atom stereocenters. The van der Waals surface area contributed by atoms with E-state index in [4.69, 9.17) is 5.73 Å². The quantitative estimate of drug-likeness (QED) is 0.787. The molecule has 27 heavy (non-hydrogen) atoms. The Kier molecular flexibility index (Phi) is 5.52. The summed E-state index contributed by atoms with van der Waals surface area (Å²) in [7, 11) is -3.68. The lowest BCUT2D eigenvalue weighted by Crippen LogP contribution is -2.49. The van der Waals surface area contributed by atoms with Gasteiger partial charge in [0.25, 0.3) is 10.0 Å². The molecule has 3 atom stereocenters. The van der Waals surface area contributed by atoms with Crippen LogP contribution in [0.15, 0.2) is 33.6 Å². The van der Waals surface area contributed by atoms with Crippen molar-refractivity contribution in [2.24, 2.45) is 16.0 Å². The molecule has 3 aliphatic rings. The molecule has 1 aromatic carbocycles. The fraction of sp³-hybridized carbons (Fsp3) is 0.556. The number of halogens is 1. The second-order valence-corrected chi connectivity index (χ2v) is 8.99. The molecule has 3 aliphatic heterocycles. The average molecular weight is 413 g/mol. The number of nitrogens with two attached hydrogens (primary N) is 1. The molecule has 0 saturated carbocycles. The number of amides is 1. The molecule has 2 fully saturated rings. The van der Waals surface area contributed by atoms with Crippen molar-refractivity contribution < 1.29 is 13.2 Å². The average Bonchev–Trinajstić information content (AvgIpc) is 3.31. The van der Waals surface area contributed by atoms with Crippen LogP contribution in [0, 0.1) is 5.92 Å². The number of nitrogens with zero attached hydrogens (tertiary/aromatic N) is 3. The Morgan fingerprint density at radius 1 is 1.33 bits per heavy atom. The maximum atomic E-state index is 13.2. The molecule has 3 heterocycles. The molecule has 0 bridgehead atoms. The van der Waals surface area contributed by atoms with Crippen molar-refractivity contribution in [1.82, 2.24) is 9.80 Å². The molecule has 1 amide bonds. The minimum atomic E-state index is -3.68. The van der Waals surface area contributed by atoms with Crippen molar-refractivity contribution in [2.45, 2.75) is 43.2 Å². The number of fused-ring (bicyclic) bond motifs is 1. The van der Waals surface area contributed by atoms with Crippen LogP contribution in [0.25, 0.3) is 0 Å². The highest BCUT2D eigenvalue weighted by Crippen LogP contribution is 2.33. The number of carbonyl (C=O) groups is 1. The number of rotatable bonds is 2. The molecule has 2 saturated heterocycles. The first-order chi connectivity index (χ1) is 12.4. The van der Waals surface area contributed by atoms with E-state index >= 15 is 0 Å². The van der Waals surface area contributed by atoms with Crippen LogP contribution in [0.2, 0.25) is 0 Å². The fourth-order valence-electron chi connectivity index (χ4n) is 4.38. The molecule has 0 radical (unpaired) electrons. The van der Waals surface area contributed by atoms with Gasteiger partial charge in [0.1, 0.15) is 10.9 Å². The van der Waals surface area contributed by atoms with Crippen LogP contribution in [-0.2, 0) is 14.8 Å². The molecule has 9 heteroatoms. The van der Waals surface area contributed by atoms with Crippen LogP contribution >= 0.6 is 12.4 Å². The van der Waals surface area contributed by atoms with Crippen molar-refractivity contribution in [2.75, 3.05) is 19.6 Å². The molecule has 1 aromatic rings. The Balaban J connectivity index is 0.00000210. The zero-order chi connectivity index (χ0) is 18.5. The zero-order valence-corrected chi connectivity index (χ0v) is 16.9. The maximum absolute atomic E-state index is 13.2. The summed E-state index contributed by atoms with van der Waals surface area (Å²) in [5.74, 6) is 0.822. The van der Waals surface area contributed by atoms with Crippen LogP contribution < -0.4 is 5.73 Å². The number of hydrogen-bond acceptors (Lipinski definition) is 5. The Bertz CT molecular complexity index is 873. The third-order valence-corrected chi connectivity index (χ3v) is 7.03. The predicted molar refractivity (Wildman–Crippen MR) is 105 cm³/mol. The molecular formula is C18H25ClN4O3S. The second-order valence-electron chi connectivity index (χ2n) is 7.41. The summed E-state index contributed by atoms with van der Waals surface area (Å²) in [5.41, 5.74) is 6.39. The van der Waals surface area contributed by atoms with Crippen LogP contribution in [0.3, 0.4) is 0 Å². The molecule has 4 rings (SSSR count). The lowest BCUT2D eigenvalue weighted by molar-refractivity contribution is -0.135. The molecule has 0 aliphatic carbocycles. The highest BCUT2D eigenvalue weighted by atomic mass is 35.5. The molecular weight excluding hydrogens is 388 g/mol. The predicted octanol–water partition coefficient (Wildman–Crippen LogP) is 1.22. The molecule has 2 N–H and O–H groups in total. The molecule has 0 aromatic heterocycles. The van der Waals surface area contributed by atoms with E-state index in [1.165, 1.54) is 0 Å². The lowest BCUT2D eigenvalue weighted by atomic mass is 10.1. The minimum absolute atomic E-state index is 0. The third kappa shape index (κ3) is 3.34. The van der Waals surface area contributed by atoms with E-state index in [1.54, 1.807) is 24.3 Å². The van der Waals surface area contributed by atoms with Gasteiger partial charge in [-0.1, -0.05) is 12.1 Å². The van der Waals surface area contributed by atoms with Gasteiger partial charge in [-0.3, -0.25) is 4.79 Å². The summed E-state index contributed by atoms with van der Waals surface area (Å²) >= 11 is 0. The van der Waals surface area contributed by atoms with Crippen LogP contribution in [0.1, 0.15) is 31.7 Å². The molecule has 7 nitrogen and oxygen atoms in total. The SMILES string of the molecule is CC1CC(CN)CN1C(=O)C1CCCN1C1=NS(=O)(=O)c2ccccc21.Cl. The summed E-state index contributed by atoms with van der Waals surface area (Å²) in [5, 5.41) is 0. The van der Waals surface area contributed by atoms with E-state index in [-0.39, 0.29) is 35.3 Å². The number of hydrogen-bond donors (Lipinski definition) is 1. The zero-order valence-electron chi connectivity index (χ0n) is 15.2. The number of sulfonamides is 1. The monoisotopic (exact) mass is 412 g/mol. The van der Waals surface area contributed by atoms with Gasteiger partial charge in [0, 0.05) is 24.7 Å². The van der Waals surface area contributed by atoms with Crippen molar-refractivity contribution in [3.05, 3.63) is 29.8 Å². The van der Waals surface area contributed by atoms with Crippen LogP contribution in [-0.4, -0.2) is 61.7 Å². The summed E-state index contributed by atoms with van der Waals surface area (Å²) in [4.78, 5) is 17.2. The summed E-state index contributed by atoms with van der Waals surface area (Å²) in [6.45, 7) is 3.96. The number of benzene rings is 1. The van der Waals surface area contributed by atoms with E-state index in [0.29, 0.717) is 37.0 Å². The van der Waals surface area contributed by atoms with E-state index in [1.807, 2.05) is 9.80 Å². The Labute approximate surface area is 166 Å². The van der Waals surface area contributed by atoms with Crippen LogP contribution in [0.4, 0.5) is 0 Å². The van der Waals surface area contributed by atoms with Gasteiger partial charge in [-0.2, -0.15) is 8.42 Å². The van der Waals surface area contributed by atoms with Gasteiger partial charge < -0.3 is 15.5 Å². The minimum Gasteiger partial charge on any atom is -0.343 e. The van der Waals surface area contributed by atoms with Gasteiger partial charge in [0.2, 0.25) is 5.91 Å². The van der Waals surface area contributed by atoms with Gasteiger partial charge in [0.15, 0.2) is 5.84 Å². The Morgan fingerprint density at radius 2 is 2.07 bits per heavy atom. The number of carbonyl (C=O) groups excluding carboxylic acids is 1. The molecule has 0 spiro atoms. The van der Waals surface area contributed by atoms with Crippen molar-refractivity contribution in [1.29, 1.82) is 0 Å². The highest BCUT2D eigenvalue weighted by molar-refractivity contribution is 7.90. The maximum Gasteiger partial charge on any atom is 0.285 e. The Hall–Kier alpha value is -1.64. The van der Waals surface area contributed by atoms with Crippen molar-refractivity contribution in [3.63, 3.8) is 0 Å². The van der Waals surface area contributed by atoms with E-state index < -0.39 is 10.0 Å². The summed E-state index contributed by atoms with van der Waals surface area (Å²) < 4.78 is 28.7. The highest BCUT2D eigenvalue weighted by Gasteiger charge is 2.43.